The van der Waals surface area contributed by atoms with E-state index in [1.807, 2.05) is 20.8 Å². The van der Waals surface area contributed by atoms with Crippen LogP contribution in [0.3, 0.4) is 0 Å². The van der Waals surface area contributed by atoms with Crippen molar-refractivity contribution >= 4 is 39.1 Å². The molecule has 0 unspecified atom stereocenters. The summed E-state index contributed by atoms with van der Waals surface area (Å²) in [7, 11) is -4.34. The first-order chi connectivity index (χ1) is 18.4. The van der Waals surface area contributed by atoms with Crippen LogP contribution in [0.25, 0.3) is 0 Å². The fourth-order valence-electron chi connectivity index (χ4n) is 4.09. The molecule has 10 heteroatoms. The molecular formula is C29H33ClFN3O4S. The normalized spacial score (nSPS) is 12.2. The Balaban J connectivity index is 2.07. The molecule has 208 valence electrons. The molecule has 0 aliphatic rings. The third-order valence-corrected chi connectivity index (χ3v) is 8.12. The highest BCUT2D eigenvalue weighted by molar-refractivity contribution is 7.92. The Bertz CT molecular complexity index is 1400. The summed E-state index contributed by atoms with van der Waals surface area (Å²) in [5.74, 6) is -1.82. The molecule has 0 aliphatic heterocycles. The highest BCUT2D eigenvalue weighted by atomic mass is 35.5. The van der Waals surface area contributed by atoms with Gasteiger partial charge in [0.1, 0.15) is 18.4 Å². The molecule has 0 spiro atoms. The molecule has 0 aliphatic carbocycles. The van der Waals surface area contributed by atoms with Gasteiger partial charge in [-0.2, -0.15) is 0 Å². The van der Waals surface area contributed by atoms with Crippen LogP contribution in [-0.4, -0.2) is 43.8 Å². The molecule has 3 aromatic rings. The molecule has 0 fully saturated rings. The van der Waals surface area contributed by atoms with Crippen LogP contribution in [0, 0.1) is 12.7 Å². The first kappa shape index (κ1) is 30.1. The van der Waals surface area contributed by atoms with Crippen molar-refractivity contribution in [1.82, 2.24) is 10.2 Å². The van der Waals surface area contributed by atoms with Gasteiger partial charge in [-0.25, -0.2) is 12.8 Å². The average molecular weight is 574 g/mol. The van der Waals surface area contributed by atoms with E-state index in [9.17, 15) is 22.4 Å². The highest BCUT2D eigenvalue weighted by Crippen LogP contribution is 2.27. The maximum absolute atomic E-state index is 15.0. The summed E-state index contributed by atoms with van der Waals surface area (Å²) >= 11 is 6.02. The van der Waals surface area contributed by atoms with E-state index in [1.165, 1.54) is 35.2 Å². The molecule has 0 heterocycles. The van der Waals surface area contributed by atoms with E-state index < -0.39 is 34.3 Å². The molecule has 3 rings (SSSR count). The molecule has 1 atom stereocenters. The monoisotopic (exact) mass is 573 g/mol. The predicted octanol–water partition coefficient (Wildman–Crippen LogP) is 5.31. The molecule has 7 nitrogen and oxygen atoms in total. The SMILES string of the molecule is CC[C@@H](C(=O)NC(C)C)N(Cc1ccc(Cl)cc1)C(=O)CN(c1ccccc1F)S(=O)(=O)c1ccc(C)cc1. The van der Waals surface area contributed by atoms with E-state index >= 15 is 0 Å². The van der Waals surface area contributed by atoms with Gasteiger partial charge >= 0.3 is 0 Å². The smallest absolute Gasteiger partial charge is 0.264 e. The molecule has 2 amide bonds. The zero-order chi connectivity index (χ0) is 28.7. The summed E-state index contributed by atoms with van der Waals surface area (Å²) in [5.41, 5.74) is 1.28. The van der Waals surface area contributed by atoms with Crippen molar-refractivity contribution < 1.29 is 22.4 Å². The highest BCUT2D eigenvalue weighted by Gasteiger charge is 2.34. The lowest BCUT2D eigenvalue weighted by molar-refractivity contribution is -0.140. The van der Waals surface area contributed by atoms with Crippen LogP contribution in [-0.2, 0) is 26.2 Å². The van der Waals surface area contributed by atoms with Gasteiger partial charge in [0.2, 0.25) is 11.8 Å². The van der Waals surface area contributed by atoms with Crippen LogP contribution in [0.2, 0.25) is 5.02 Å². The molecule has 0 bridgehead atoms. The summed E-state index contributed by atoms with van der Waals surface area (Å²) in [6, 6.07) is 17.2. The Kier molecular flexibility index (Phi) is 10.1. The lowest BCUT2D eigenvalue weighted by atomic mass is 10.1. The van der Waals surface area contributed by atoms with Gasteiger partial charge in [-0.15, -0.1) is 0 Å². The van der Waals surface area contributed by atoms with Crippen molar-refractivity contribution in [3.63, 3.8) is 0 Å². The second-order valence-electron chi connectivity index (χ2n) is 9.51. The van der Waals surface area contributed by atoms with Crippen molar-refractivity contribution in [3.8, 4) is 0 Å². The van der Waals surface area contributed by atoms with Crippen molar-refractivity contribution in [3.05, 3.63) is 94.8 Å². The zero-order valence-corrected chi connectivity index (χ0v) is 24.0. The number of hydrogen-bond donors (Lipinski definition) is 1. The topological polar surface area (TPSA) is 86.8 Å². The molecule has 39 heavy (non-hydrogen) atoms. The Hall–Kier alpha value is -3.43. The number of amides is 2. The lowest BCUT2D eigenvalue weighted by Gasteiger charge is -2.33. The van der Waals surface area contributed by atoms with Crippen LogP contribution in [0.4, 0.5) is 10.1 Å². The van der Waals surface area contributed by atoms with Gasteiger partial charge in [0.05, 0.1) is 10.6 Å². The Morgan fingerprint density at radius 1 is 0.974 bits per heavy atom. The van der Waals surface area contributed by atoms with Crippen LogP contribution >= 0.6 is 11.6 Å². The molecule has 1 N–H and O–H groups in total. The van der Waals surface area contributed by atoms with Crippen molar-refractivity contribution in [2.75, 3.05) is 10.8 Å². The Labute approximate surface area is 234 Å². The van der Waals surface area contributed by atoms with Gasteiger partial charge in [0.25, 0.3) is 10.0 Å². The number of nitrogens with one attached hydrogen (secondary N) is 1. The summed E-state index contributed by atoms with van der Waals surface area (Å²) in [4.78, 5) is 28.3. The van der Waals surface area contributed by atoms with E-state index in [-0.39, 0.29) is 35.5 Å². The summed E-state index contributed by atoms with van der Waals surface area (Å²) in [5, 5.41) is 3.34. The quantitative estimate of drug-likeness (QED) is 0.337. The fourth-order valence-corrected chi connectivity index (χ4v) is 5.64. The second-order valence-corrected chi connectivity index (χ2v) is 11.8. The third-order valence-electron chi connectivity index (χ3n) is 6.09. The van der Waals surface area contributed by atoms with Gasteiger partial charge in [0.15, 0.2) is 0 Å². The second kappa shape index (κ2) is 13.1. The van der Waals surface area contributed by atoms with Gasteiger partial charge in [0, 0.05) is 17.6 Å². The van der Waals surface area contributed by atoms with Crippen LogP contribution in [0.1, 0.15) is 38.3 Å². The van der Waals surface area contributed by atoms with Gasteiger partial charge in [-0.3, -0.25) is 13.9 Å². The lowest BCUT2D eigenvalue weighted by Crippen LogP contribution is -2.53. The number of benzene rings is 3. The first-order valence-electron chi connectivity index (χ1n) is 12.6. The van der Waals surface area contributed by atoms with Crippen molar-refractivity contribution in [2.24, 2.45) is 0 Å². The minimum absolute atomic E-state index is 0.0235. The number of rotatable bonds is 11. The number of carbonyl (C=O) groups excluding carboxylic acids is 2. The predicted molar refractivity (Wildman–Crippen MR) is 151 cm³/mol. The Morgan fingerprint density at radius 2 is 1.59 bits per heavy atom. The van der Waals surface area contributed by atoms with E-state index in [2.05, 4.69) is 5.32 Å². The first-order valence-corrected chi connectivity index (χ1v) is 14.4. The number of sulfonamides is 1. The van der Waals surface area contributed by atoms with Crippen LogP contribution in [0.5, 0.6) is 0 Å². The van der Waals surface area contributed by atoms with Crippen LogP contribution < -0.4 is 9.62 Å². The van der Waals surface area contributed by atoms with Crippen LogP contribution in [0.15, 0.2) is 77.7 Å². The number of nitrogens with zero attached hydrogens (tertiary/aromatic N) is 2. The minimum atomic E-state index is -4.34. The van der Waals surface area contributed by atoms with E-state index in [0.29, 0.717) is 10.6 Å². The molecule has 0 saturated carbocycles. The molecule has 3 aromatic carbocycles. The third kappa shape index (κ3) is 7.58. The summed E-state index contributed by atoms with van der Waals surface area (Å²) < 4.78 is 43.3. The number of para-hydroxylation sites is 1. The van der Waals surface area contributed by atoms with E-state index in [0.717, 1.165) is 15.9 Å². The fraction of sp³-hybridized carbons (Fsp3) is 0.310. The molecular weight excluding hydrogens is 541 g/mol. The number of anilines is 1. The van der Waals surface area contributed by atoms with Crippen molar-refractivity contribution in [1.29, 1.82) is 0 Å². The zero-order valence-electron chi connectivity index (χ0n) is 22.4. The number of halogens is 2. The van der Waals surface area contributed by atoms with E-state index in [4.69, 9.17) is 11.6 Å². The average Bonchev–Trinajstić information content (AvgIpc) is 2.88. The number of carbonyl (C=O) groups is 2. The largest absolute Gasteiger partial charge is 0.352 e. The molecule has 0 saturated heterocycles. The molecule has 0 radical (unpaired) electrons. The maximum atomic E-state index is 15.0. The Morgan fingerprint density at radius 3 is 2.15 bits per heavy atom. The molecule has 0 aromatic heterocycles. The minimum Gasteiger partial charge on any atom is -0.352 e. The van der Waals surface area contributed by atoms with Crippen molar-refractivity contribution in [2.45, 2.75) is 57.6 Å². The summed E-state index contributed by atoms with van der Waals surface area (Å²) in [6.07, 6.45) is 0.280. The van der Waals surface area contributed by atoms with Gasteiger partial charge in [-0.05, 0) is 69.2 Å². The number of hydrogen-bond acceptors (Lipinski definition) is 4. The van der Waals surface area contributed by atoms with Gasteiger partial charge < -0.3 is 10.2 Å². The standard InChI is InChI=1S/C29H33ClFN3O4S/c1-5-26(29(36)32-20(2)3)33(18-22-12-14-23(30)15-13-22)28(35)19-34(27-9-7-6-8-25(27)31)39(37,38)24-16-10-21(4)11-17-24/h6-17,20,26H,5,18-19H2,1-4H3,(H,32,36)/t26-/m0/s1. The number of aryl methyl sites for hydroxylation is 1. The maximum Gasteiger partial charge on any atom is 0.264 e. The van der Waals surface area contributed by atoms with E-state index in [1.54, 1.807) is 43.3 Å². The van der Waals surface area contributed by atoms with Gasteiger partial charge in [-0.1, -0.05) is 60.5 Å². The summed E-state index contributed by atoms with van der Waals surface area (Å²) in [6.45, 7) is 6.51.